The molecule has 0 radical (unpaired) electrons. The van der Waals surface area contributed by atoms with Gasteiger partial charge in [-0.05, 0) is 94.5 Å². The van der Waals surface area contributed by atoms with Gasteiger partial charge in [0.2, 0.25) is 0 Å². The number of fused-ring (bicyclic) bond motifs is 9. The van der Waals surface area contributed by atoms with Crippen molar-refractivity contribution in [1.29, 1.82) is 0 Å². The fourth-order valence-electron chi connectivity index (χ4n) is 8.63. The summed E-state index contributed by atoms with van der Waals surface area (Å²) in [6.45, 7) is 0. The molecule has 1 aromatic heterocycles. The molecule has 0 aliphatic heterocycles. The Morgan fingerprint density at radius 3 is 1.51 bits per heavy atom. The average Bonchev–Trinajstić information content (AvgIpc) is 3.57. The molecular formula is C50H30O. The van der Waals surface area contributed by atoms with Crippen molar-refractivity contribution in [3.05, 3.63) is 182 Å². The molecule has 0 N–H and O–H groups in total. The van der Waals surface area contributed by atoms with Crippen LogP contribution in [0.5, 0.6) is 0 Å². The molecule has 0 bridgehead atoms. The summed E-state index contributed by atoms with van der Waals surface area (Å²) in [5.41, 5.74) is 9.24. The molecule has 236 valence electrons. The van der Waals surface area contributed by atoms with Crippen LogP contribution in [-0.2, 0) is 0 Å². The van der Waals surface area contributed by atoms with Crippen molar-refractivity contribution < 1.29 is 4.42 Å². The average molecular weight is 647 g/mol. The van der Waals surface area contributed by atoms with Gasteiger partial charge in [-0.25, -0.2) is 0 Å². The molecule has 1 nitrogen and oxygen atoms in total. The normalized spacial score (nSPS) is 11.9. The Balaban J connectivity index is 1.23. The largest absolute Gasteiger partial charge is 0.455 e. The number of benzene rings is 10. The molecule has 0 aliphatic carbocycles. The van der Waals surface area contributed by atoms with Gasteiger partial charge in [-0.2, -0.15) is 0 Å². The molecule has 1 heterocycles. The van der Waals surface area contributed by atoms with Crippen molar-refractivity contribution >= 4 is 75.8 Å². The third-order valence-corrected chi connectivity index (χ3v) is 10.8. The van der Waals surface area contributed by atoms with E-state index in [1.807, 2.05) is 0 Å². The molecule has 10 aromatic carbocycles. The van der Waals surface area contributed by atoms with Crippen LogP contribution in [0.25, 0.3) is 109 Å². The Labute approximate surface area is 294 Å². The first-order valence-corrected chi connectivity index (χ1v) is 17.6. The van der Waals surface area contributed by atoms with Crippen LogP contribution in [-0.4, -0.2) is 0 Å². The van der Waals surface area contributed by atoms with Gasteiger partial charge in [-0.1, -0.05) is 164 Å². The molecule has 51 heavy (non-hydrogen) atoms. The topological polar surface area (TPSA) is 13.1 Å². The van der Waals surface area contributed by atoms with Crippen LogP contribution < -0.4 is 0 Å². The summed E-state index contributed by atoms with van der Waals surface area (Å²) in [5, 5.41) is 14.6. The summed E-state index contributed by atoms with van der Waals surface area (Å²) in [6, 6.07) is 66.3. The Morgan fingerprint density at radius 1 is 0.294 bits per heavy atom. The van der Waals surface area contributed by atoms with Gasteiger partial charge in [0.05, 0.1) is 0 Å². The van der Waals surface area contributed by atoms with Crippen LogP contribution in [0.15, 0.2) is 186 Å². The summed E-state index contributed by atoms with van der Waals surface area (Å²) in [6.07, 6.45) is 0. The molecule has 0 spiro atoms. The number of furan rings is 1. The zero-order valence-electron chi connectivity index (χ0n) is 27.7. The minimum atomic E-state index is 0.913. The highest BCUT2D eigenvalue weighted by Crippen LogP contribution is 2.48. The summed E-state index contributed by atoms with van der Waals surface area (Å²) in [4.78, 5) is 0. The van der Waals surface area contributed by atoms with Gasteiger partial charge in [0, 0.05) is 21.7 Å². The maximum atomic E-state index is 6.75. The van der Waals surface area contributed by atoms with E-state index in [2.05, 4.69) is 182 Å². The standard InChI is InChI=1S/C50H30O/c1-4-19-36-31(13-1)16-12-26-39(36)48-42-24-9-7-22-40(42)46(41-23-8-10-25-43(41)48)34-17-11-18-35(29-34)47-37-20-5-3-15-33(37)30-45-49(47)44-28-27-32-14-2-6-21-38(32)50(44)51-45/h1-30H. The third kappa shape index (κ3) is 4.16. The van der Waals surface area contributed by atoms with E-state index in [1.54, 1.807) is 0 Å². The van der Waals surface area contributed by atoms with E-state index < -0.39 is 0 Å². The second-order valence-electron chi connectivity index (χ2n) is 13.6. The number of rotatable bonds is 3. The number of hydrogen-bond donors (Lipinski definition) is 0. The molecule has 1 heteroatoms. The first kappa shape index (κ1) is 28.2. The Morgan fingerprint density at radius 2 is 0.804 bits per heavy atom. The minimum absolute atomic E-state index is 0.913. The molecule has 11 rings (SSSR count). The Bertz CT molecular complexity index is 3130. The monoisotopic (exact) mass is 646 g/mol. The van der Waals surface area contributed by atoms with Crippen LogP contribution in [0.3, 0.4) is 0 Å². The van der Waals surface area contributed by atoms with Crippen LogP contribution >= 0.6 is 0 Å². The summed E-state index contributed by atoms with van der Waals surface area (Å²) < 4.78 is 6.75. The van der Waals surface area contributed by atoms with Gasteiger partial charge in [0.25, 0.3) is 0 Å². The van der Waals surface area contributed by atoms with Gasteiger partial charge in [0.1, 0.15) is 11.2 Å². The minimum Gasteiger partial charge on any atom is -0.455 e. The van der Waals surface area contributed by atoms with E-state index in [4.69, 9.17) is 4.42 Å². The zero-order chi connectivity index (χ0) is 33.5. The molecule has 0 aliphatic rings. The summed E-state index contributed by atoms with van der Waals surface area (Å²) in [7, 11) is 0. The SMILES string of the molecule is c1cc(-c2c3ccccc3c(-c3cccc4ccccc34)c3ccccc23)cc(-c2c3ccccc3cc3oc4c5ccccc5ccc4c23)c1. The first-order chi connectivity index (χ1) is 25.3. The molecule has 0 saturated carbocycles. The van der Waals surface area contributed by atoms with Crippen LogP contribution in [0.2, 0.25) is 0 Å². The molecule has 0 amide bonds. The maximum absolute atomic E-state index is 6.75. The molecule has 0 saturated heterocycles. The lowest BCUT2D eigenvalue weighted by Crippen LogP contribution is -1.92. The lowest BCUT2D eigenvalue weighted by Gasteiger charge is -2.19. The Kier molecular flexibility index (Phi) is 6.02. The Hall–Kier alpha value is -6.70. The van der Waals surface area contributed by atoms with E-state index in [9.17, 15) is 0 Å². The molecule has 0 unspecified atom stereocenters. The van der Waals surface area contributed by atoms with E-state index >= 15 is 0 Å². The van der Waals surface area contributed by atoms with Crippen LogP contribution in [0.4, 0.5) is 0 Å². The molecule has 0 fully saturated rings. The fourth-order valence-corrected chi connectivity index (χ4v) is 8.63. The second-order valence-corrected chi connectivity index (χ2v) is 13.6. The van der Waals surface area contributed by atoms with E-state index in [0.29, 0.717) is 0 Å². The summed E-state index contributed by atoms with van der Waals surface area (Å²) >= 11 is 0. The lowest BCUT2D eigenvalue weighted by molar-refractivity contribution is 0.673. The highest BCUT2D eigenvalue weighted by molar-refractivity contribution is 6.26. The molecule has 0 atom stereocenters. The second kappa shape index (κ2) is 10.9. The lowest BCUT2D eigenvalue weighted by atomic mass is 9.84. The number of hydrogen-bond acceptors (Lipinski definition) is 1. The predicted molar refractivity (Wildman–Crippen MR) is 218 cm³/mol. The van der Waals surface area contributed by atoms with Crippen LogP contribution in [0, 0.1) is 0 Å². The summed E-state index contributed by atoms with van der Waals surface area (Å²) in [5.74, 6) is 0. The van der Waals surface area contributed by atoms with Gasteiger partial charge >= 0.3 is 0 Å². The zero-order valence-corrected chi connectivity index (χ0v) is 27.7. The van der Waals surface area contributed by atoms with Gasteiger partial charge in [-0.3, -0.25) is 0 Å². The van der Waals surface area contributed by atoms with Crippen molar-refractivity contribution in [2.75, 3.05) is 0 Å². The highest BCUT2D eigenvalue weighted by atomic mass is 16.3. The smallest absolute Gasteiger partial charge is 0.143 e. The van der Waals surface area contributed by atoms with Crippen molar-refractivity contribution in [3.8, 4) is 33.4 Å². The van der Waals surface area contributed by atoms with E-state index in [0.717, 1.165) is 27.3 Å². The molecule has 11 aromatic rings. The fraction of sp³-hybridized carbons (Fsp3) is 0. The highest BCUT2D eigenvalue weighted by Gasteiger charge is 2.21. The van der Waals surface area contributed by atoms with Gasteiger partial charge in [0.15, 0.2) is 0 Å². The predicted octanol–water partition coefficient (Wildman–Crippen LogP) is 14.4. The third-order valence-electron chi connectivity index (χ3n) is 10.8. The van der Waals surface area contributed by atoms with E-state index in [1.165, 1.54) is 81.9 Å². The van der Waals surface area contributed by atoms with Crippen LogP contribution in [0.1, 0.15) is 0 Å². The van der Waals surface area contributed by atoms with Gasteiger partial charge < -0.3 is 4.42 Å². The molecular weight excluding hydrogens is 617 g/mol. The first-order valence-electron chi connectivity index (χ1n) is 17.6. The van der Waals surface area contributed by atoms with E-state index in [-0.39, 0.29) is 0 Å². The van der Waals surface area contributed by atoms with Gasteiger partial charge in [-0.15, -0.1) is 0 Å². The van der Waals surface area contributed by atoms with Crippen molar-refractivity contribution in [2.24, 2.45) is 0 Å². The van der Waals surface area contributed by atoms with Crippen molar-refractivity contribution in [2.45, 2.75) is 0 Å². The van der Waals surface area contributed by atoms with Crippen molar-refractivity contribution in [1.82, 2.24) is 0 Å². The maximum Gasteiger partial charge on any atom is 0.143 e. The van der Waals surface area contributed by atoms with Crippen molar-refractivity contribution in [3.63, 3.8) is 0 Å². The quantitative estimate of drug-likeness (QED) is 0.174.